The van der Waals surface area contributed by atoms with Gasteiger partial charge in [0.1, 0.15) is 4.88 Å². The van der Waals surface area contributed by atoms with Crippen LogP contribution >= 0.6 is 11.3 Å². The highest BCUT2D eigenvalue weighted by molar-refractivity contribution is 7.12. The molecule has 4 nitrogen and oxygen atoms in total. The van der Waals surface area contributed by atoms with Gasteiger partial charge in [-0.05, 0) is 42.5 Å². The number of aromatic carboxylic acids is 1. The lowest BCUT2D eigenvalue weighted by molar-refractivity contribution is 0.0703. The zero-order valence-electron chi connectivity index (χ0n) is 10.6. The summed E-state index contributed by atoms with van der Waals surface area (Å²) < 4.78 is 0. The summed E-state index contributed by atoms with van der Waals surface area (Å²) in [5, 5.41) is 13.3. The van der Waals surface area contributed by atoms with Gasteiger partial charge in [0.25, 0.3) is 5.91 Å². The Morgan fingerprint density at radius 3 is 2.63 bits per heavy atom. The van der Waals surface area contributed by atoms with Crippen LogP contribution in [0.15, 0.2) is 29.6 Å². The van der Waals surface area contributed by atoms with Crippen molar-refractivity contribution in [2.75, 3.05) is 5.32 Å². The number of carbonyl (C=O) groups excluding carboxylic acids is 1. The summed E-state index contributed by atoms with van der Waals surface area (Å²) in [6.45, 7) is 3.80. The lowest BCUT2D eigenvalue weighted by Crippen LogP contribution is -2.15. The first-order valence-corrected chi connectivity index (χ1v) is 6.57. The Morgan fingerprint density at radius 1 is 1.21 bits per heavy atom. The summed E-state index contributed by atoms with van der Waals surface area (Å²) in [5.74, 6) is -1.33. The third kappa shape index (κ3) is 2.66. The first-order chi connectivity index (χ1) is 9.00. The molecule has 1 amide bonds. The van der Waals surface area contributed by atoms with Crippen molar-refractivity contribution in [1.82, 2.24) is 0 Å². The minimum Gasteiger partial charge on any atom is -0.477 e. The number of amides is 1. The largest absolute Gasteiger partial charge is 0.477 e. The predicted molar refractivity (Wildman–Crippen MR) is 75.1 cm³/mol. The van der Waals surface area contributed by atoms with Gasteiger partial charge in [-0.3, -0.25) is 4.79 Å². The second-order valence-electron chi connectivity index (χ2n) is 4.17. The fourth-order valence-corrected chi connectivity index (χ4v) is 2.45. The molecule has 0 aliphatic heterocycles. The molecule has 0 radical (unpaired) electrons. The van der Waals surface area contributed by atoms with Gasteiger partial charge in [-0.2, -0.15) is 0 Å². The number of anilines is 1. The first kappa shape index (κ1) is 13.3. The van der Waals surface area contributed by atoms with E-state index in [-0.39, 0.29) is 10.8 Å². The number of carboxylic acid groups (broad SMARTS) is 1. The Kier molecular flexibility index (Phi) is 3.66. The van der Waals surface area contributed by atoms with Crippen LogP contribution in [0.1, 0.15) is 31.2 Å². The third-order valence-corrected chi connectivity index (χ3v) is 3.86. The normalized spacial score (nSPS) is 10.2. The van der Waals surface area contributed by atoms with E-state index in [4.69, 9.17) is 5.11 Å². The van der Waals surface area contributed by atoms with E-state index in [0.29, 0.717) is 11.3 Å². The monoisotopic (exact) mass is 275 g/mol. The van der Waals surface area contributed by atoms with E-state index in [1.807, 2.05) is 26.0 Å². The molecule has 0 aliphatic rings. The lowest BCUT2D eigenvalue weighted by Gasteiger charge is -2.09. The van der Waals surface area contributed by atoms with E-state index in [9.17, 15) is 9.59 Å². The maximum atomic E-state index is 12.2. The molecule has 0 fully saturated rings. The summed E-state index contributed by atoms with van der Waals surface area (Å²) in [7, 11) is 0. The number of rotatable bonds is 3. The summed E-state index contributed by atoms with van der Waals surface area (Å²) in [4.78, 5) is 23.3. The molecule has 1 aromatic carbocycles. The summed E-state index contributed by atoms with van der Waals surface area (Å²) in [5.41, 5.74) is 2.81. The van der Waals surface area contributed by atoms with E-state index in [1.165, 1.54) is 0 Å². The zero-order chi connectivity index (χ0) is 14.0. The van der Waals surface area contributed by atoms with Crippen LogP contribution in [0.4, 0.5) is 5.69 Å². The van der Waals surface area contributed by atoms with E-state index >= 15 is 0 Å². The van der Waals surface area contributed by atoms with Crippen LogP contribution in [0, 0.1) is 13.8 Å². The highest BCUT2D eigenvalue weighted by atomic mass is 32.1. The molecular formula is C14H13NO3S. The molecule has 2 rings (SSSR count). The minimum absolute atomic E-state index is 0.138. The fraction of sp³-hybridized carbons (Fsp3) is 0.143. The minimum atomic E-state index is -1.04. The Labute approximate surface area is 114 Å². The van der Waals surface area contributed by atoms with Crippen molar-refractivity contribution < 1.29 is 14.7 Å². The van der Waals surface area contributed by atoms with E-state index < -0.39 is 5.97 Å². The van der Waals surface area contributed by atoms with Crippen molar-refractivity contribution in [1.29, 1.82) is 0 Å². The maximum Gasteiger partial charge on any atom is 0.348 e. The van der Waals surface area contributed by atoms with Gasteiger partial charge in [-0.25, -0.2) is 4.79 Å². The highest BCUT2D eigenvalue weighted by Gasteiger charge is 2.16. The first-order valence-electron chi connectivity index (χ1n) is 5.69. The molecule has 2 N–H and O–H groups in total. The molecule has 0 bridgehead atoms. The number of thiophene rings is 1. The Hall–Kier alpha value is -2.14. The molecule has 1 aromatic heterocycles. The third-order valence-electron chi connectivity index (χ3n) is 2.96. The van der Waals surface area contributed by atoms with Crippen LogP contribution in [0.5, 0.6) is 0 Å². The summed E-state index contributed by atoms with van der Waals surface area (Å²) in [6.07, 6.45) is 0. The van der Waals surface area contributed by atoms with Crippen molar-refractivity contribution in [3.8, 4) is 0 Å². The number of aryl methyl sites for hydroxylation is 1. The topological polar surface area (TPSA) is 66.4 Å². The van der Waals surface area contributed by atoms with Crippen LogP contribution < -0.4 is 5.32 Å². The Bertz CT molecular complexity index is 646. The summed E-state index contributed by atoms with van der Waals surface area (Å²) >= 11 is 1.09. The quantitative estimate of drug-likeness (QED) is 0.903. The van der Waals surface area contributed by atoms with Gasteiger partial charge in [0.05, 0.1) is 5.69 Å². The van der Waals surface area contributed by atoms with Crippen LogP contribution in [-0.2, 0) is 0 Å². The number of hydrogen-bond acceptors (Lipinski definition) is 3. The number of benzene rings is 1. The zero-order valence-corrected chi connectivity index (χ0v) is 11.4. The number of hydrogen-bond donors (Lipinski definition) is 2. The van der Waals surface area contributed by atoms with E-state index in [1.54, 1.807) is 17.5 Å². The van der Waals surface area contributed by atoms with Gasteiger partial charge < -0.3 is 10.4 Å². The lowest BCUT2D eigenvalue weighted by atomic mass is 10.0. The highest BCUT2D eigenvalue weighted by Crippen LogP contribution is 2.23. The molecule has 0 spiro atoms. The molecule has 1 heterocycles. The number of carboxylic acids is 1. The molecule has 98 valence electrons. The van der Waals surface area contributed by atoms with Gasteiger partial charge in [0, 0.05) is 5.56 Å². The molecular weight excluding hydrogens is 262 g/mol. The number of nitrogens with one attached hydrogen (secondary N) is 1. The second kappa shape index (κ2) is 5.24. The van der Waals surface area contributed by atoms with Crippen molar-refractivity contribution in [3.63, 3.8) is 0 Å². The Balaban J connectivity index is 2.29. The molecule has 2 aromatic rings. The molecule has 0 aliphatic carbocycles. The molecule has 0 saturated heterocycles. The van der Waals surface area contributed by atoms with Crippen LogP contribution in [0.25, 0.3) is 0 Å². The van der Waals surface area contributed by atoms with Gasteiger partial charge in [0.2, 0.25) is 0 Å². The van der Waals surface area contributed by atoms with Gasteiger partial charge in [0.15, 0.2) is 0 Å². The standard InChI is InChI=1S/C14H13NO3S/c1-8-4-3-5-10(9(8)2)13(16)15-11-6-7-19-12(11)14(17)18/h3-7H,1-2H3,(H,15,16)(H,17,18). The predicted octanol–water partition coefficient (Wildman–Crippen LogP) is 3.32. The summed E-state index contributed by atoms with van der Waals surface area (Å²) in [6, 6.07) is 7.06. The molecule has 19 heavy (non-hydrogen) atoms. The fourth-order valence-electron chi connectivity index (χ4n) is 1.76. The average molecular weight is 275 g/mol. The second-order valence-corrected chi connectivity index (χ2v) is 5.09. The van der Waals surface area contributed by atoms with Gasteiger partial charge in [-0.1, -0.05) is 12.1 Å². The van der Waals surface area contributed by atoms with Crippen LogP contribution in [-0.4, -0.2) is 17.0 Å². The SMILES string of the molecule is Cc1cccc(C(=O)Nc2ccsc2C(=O)O)c1C. The molecule has 0 unspecified atom stereocenters. The molecule has 0 saturated carbocycles. The van der Waals surface area contributed by atoms with Crippen LogP contribution in [0.3, 0.4) is 0 Å². The Morgan fingerprint density at radius 2 is 1.95 bits per heavy atom. The molecule has 5 heteroatoms. The van der Waals surface area contributed by atoms with Gasteiger partial charge in [-0.15, -0.1) is 11.3 Å². The van der Waals surface area contributed by atoms with Gasteiger partial charge >= 0.3 is 5.97 Å². The maximum absolute atomic E-state index is 12.2. The number of carbonyl (C=O) groups is 2. The smallest absolute Gasteiger partial charge is 0.348 e. The van der Waals surface area contributed by atoms with Crippen molar-refractivity contribution in [2.45, 2.75) is 13.8 Å². The van der Waals surface area contributed by atoms with Crippen molar-refractivity contribution >= 4 is 28.9 Å². The van der Waals surface area contributed by atoms with Crippen molar-refractivity contribution in [2.24, 2.45) is 0 Å². The van der Waals surface area contributed by atoms with E-state index in [0.717, 1.165) is 22.5 Å². The molecule has 0 atom stereocenters. The average Bonchev–Trinajstić information content (AvgIpc) is 2.80. The van der Waals surface area contributed by atoms with E-state index in [2.05, 4.69) is 5.32 Å². The van der Waals surface area contributed by atoms with Crippen molar-refractivity contribution in [3.05, 3.63) is 51.2 Å². The van der Waals surface area contributed by atoms with Crippen LogP contribution in [0.2, 0.25) is 0 Å².